The number of amides is 2. The molecule has 3 rings (SSSR count). The number of halogens is 1. The number of hydrazone groups is 1. The average molecular weight is 465 g/mol. The van der Waals surface area contributed by atoms with Gasteiger partial charge in [-0.15, -0.1) is 0 Å². The summed E-state index contributed by atoms with van der Waals surface area (Å²) < 4.78 is 23.2. The Balaban J connectivity index is 1.67. The lowest BCUT2D eigenvalue weighted by Crippen LogP contribution is -2.18. The molecule has 10 heteroatoms. The number of ether oxygens (including phenoxy) is 2. The number of nitrogens with one attached hydrogen (secondary N) is 2. The number of benzene rings is 3. The fourth-order valence-corrected chi connectivity index (χ4v) is 3.00. The molecule has 3 aromatic carbocycles. The molecule has 0 aliphatic heterocycles. The minimum absolute atomic E-state index is 0.0311. The quantitative estimate of drug-likeness (QED) is 0.345. The zero-order valence-corrected chi connectivity index (χ0v) is 18.2. The molecule has 2 amide bonds. The molecule has 0 atom stereocenters. The highest BCUT2D eigenvalue weighted by Gasteiger charge is 2.20. The molecule has 0 bridgehead atoms. The Hall–Kier alpha value is -4.73. The van der Waals surface area contributed by atoms with Crippen LogP contribution in [-0.2, 0) is 0 Å². The average Bonchev–Trinajstić information content (AvgIpc) is 2.84. The van der Waals surface area contributed by atoms with Gasteiger partial charge in [-0.1, -0.05) is 0 Å². The predicted octanol–water partition coefficient (Wildman–Crippen LogP) is 3.56. The second-order valence-corrected chi connectivity index (χ2v) is 6.81. The zero-order chi connectivity index (χ0) is 24.7. The predicted molar refractivity (Wildman–Crippen MR) is 122 cm³/mol. The first-order valence-electron chi connectivity index (χ1n) is 9.82. The van der Waals surface area contributed by atoms with Crippen molar-refractivity contribution in [3.63, 3.8) is 0 Å². The van der Waals surface area contributed by atoms with E-state index in [1.807, 2.05) is 0 Å². The van der Waals surface area contributed by atoms with Gasteiger partial charge in [-0.2, -0.15) is 5.10 Å². The molecular formula is C24H20FN3O6. The molecule has 174 valence electrons. The van der Waals surface area contributed by atoms with Crippen LogP contribution < -0.4 is 20.2 Å². The van der Waals surface area contributed by atoms with Crippen LogP contribution in [0.5, 0.6) is 11.5 Å². The Morgan fingerprint density at radius 1 is 0.882 bits per heavy atom. The first-order valence-corrected chi connectivity index (χ1v) is 9.82. The minimum atomic E-state index is -1.25. The maximum Gasteiger partial charge on any atom is 0.340 e. The maximum absolute atomic E-state index is 13.0. The summed E-state index contributed by atoms with van der Waals surface area (Å²) in [4.78, 5) is 36.2. The summed E-state index contributed by atoms with van der Waals surface area (Å²) in [5.41, 5.74) is 3.32. The highest BCUT2D eigenvalue weighted by Crippen LogP contribution is 2.32. The third kappa shape index (κ3) is 5.54. The molecular weight excluding hydrogens is 445 g/mol. The van der Waals surface area contributed by atoms with Gasteiger partial charge in [0.15, 0.2) is 11.5 Å². The number of nitrogens with zero attached hydrogens (tertiary/aromatic N) is 1. The molecule has 0 aliphatic rings. The van der Waals surface area contributed by atoms with E-state index in [0.717, 1.165) is 0 Å². The van der Waals surface area contributed by atoms with Crippen LogP contribution in [0, 0.1) is 5.82 Å². The molecule has 0 saturated heterocycles. The minimum Gasteiger partial charge on any atom is -0.493 e. The van der Waals surface area contributed by atoms with Crippen LogP contribution >= 0.6 is 0 Å². The fourth-order valence-electron chi connectivity index (χ4n) is 3.00. The van der Waals surface area contributed by atoms with Crippen LogP contribution in [-0.4, -0.2) is 43.3 Å². The van der Waals surface area contributed by atoms with Gasteiger partial charge < -0.3 is 19.9 Å². The zero-order valence-electron chi connectivity index (χ0n) is 18.2. The van der Waals surface area contributed by atoms with Crippen molar-refractivity contribution in [2.24, 2.45) is 5.10 Å². The van der Waals surface area contributed by atoms with Crippen LogP contribution in [0.15, 0.2) is 65.8 Å². The number of rotatable bonds is 8. The fraction of sp³-hybridized carbons (Fsp3) is 0.0833. The Kier molecular flexibility index (Phi) is 7.55. The smallest absolute Gasteiger partial charge is 0.340 e. The molecule has 0 heterocycles. The molecule has 0 radical (unpaired) electrons. The van der Waals surface area contributed by atoms with E-state index in [2.05, 4.69) is 15.8 Å². The number of carbonyl (C=O) groups is 3. The van der Waals surface area contributed by atoms with Crippen molar-refractivity contribution in [2.75, 3.05) is 19.5 Å². The number of carbonyl (C=O) groups excluding carboxylic acids is 2. The topological polar surface area (TPSA) is 126 Å². The van der Waals surface area contributed by atoms with E-state index in [1.165, 1.54) is 81.1 Å². The lowest BCUT2D eigenvalue weighted by molar-refractivity contribution is 0.0692. The first-order chi connectivity index (χ1) is 16.3. The van der Waals surface area contributed by atoms with Gasteiger partial charge in [0.1, 0.15) is 11.4 Å². The lowest BCUT2D eigenvalue weighted by atomic mass is 10.1. The van der Waals surface area contributed by atoms with E-state index >= 15 is 0 Å². The summed E-state index contributed by atoms with van der Waals surface area (Å²) in [5, 5.41) is 16.0. The number of aromatic carboxylic acids is 1. The number of hydrogen-bond acceptors (Lipinski definition) is 6. The SMILES string of the molecule is COc1ccc(/C=N\NC(=O)c2ccc(NC(=O)c3ccc(F)cc3)cc2)c(C(=O)O)c1OC. The van der Waals surface area contributed by atoms with Crippen LogP contribution in [0.2, 0.25) is 0 Å². The number of carboxylic acids is 1. The summed E-state index contributed by atoms with van der Waals surface area (Å²) in [6.07, 6.45) is 1.18. The van der Waals surface area contributed by atoms with E-state index in [9.17, 15) is 23.9 Å². The van der Waals surface area contributed by atoms with Gasteiger partial charge in [-0.25, -0.2) is 14.6 Å². The highest BCUT2D eigenvalue weighted by molar-refractivity contribution is 6.05. The van der Waals surface area contributed by atoms with Crippen molar-refractivity contribution in [3.8, 4) is 11.5 Å². The molecule has 3 aromatic rings. The summed E-state index contributed by atoms with van der Waals surface area (Å²) in [6, 6.07) is 14.1. The van der Waals surface area contributed by atoms with Crippen molar-refractivity contribution in [2.45, 2.75) is 0 Å². The van der Waals surface area contributed by atoms with Gasteiger partial charge >= 0.3 is 5.97 Å². The number of carboxylic acid groups (broad SMARTS) is 1. The molecule has 0 saturated carbocycles. The summed E-state index contributed by atoms with van der Waals surface area (Å²) in [5.74, 6) is -2.39. The number of hydrogen-bond donors (Lipinski definition) is 3. The first kappa shape index (κ1) is 23.9. The highest BCUT2D eigenvalue weighted by atomic mass is 19.1. The molecule has 0 unspecified atom stereocenters. The van der Waals surface area contributed by atoms with Crippen molar-refractivity contribution in [3.05, 3.63) is 88.7 Å². The van der Waals surface area contributed by atoms with Crippen molar-refractivity contribution < 1.29 is 33.4 Å². The molecule has 0 spiro atoms. The van der Waals surface area contributed by atoms with E-state index in [4.69, 9.17) is 9.47 Å². The van der Waals surface area contributed by atoms with E-state index < -0.39 is 23.6 Å². The van der Waals surface area contributed by atoms with E-state index in [-0.39, 0.29) is 33.8 Å². The largest absolute Gasteiger partial charge is 0.493 e. The van der Waals surface area contributed by atoms with Gasteiger partial charge in [0, 0.05) is 22.4 Å². The molecule has 9 nitrogen and oxygen atoms in total. The normalized spacial score (nSPS) is 10.6. The van der Waals surface area contributed by atoms with Crippen molar-refractivity contribution in [1.29, 1.82) is 0 Å². The summed E-state index contributed by atoms with van der Waals surface area (Å²) in [6.45, 7) is 0. The standard InChI is InChI=1S/C24H20FN3O6/c1-33-19-12-7-16(20(24(31)32)21(19)34-2)13-26-28-23(30)15-5-10-18(11-6-15)27-22(29)14-3-8-17(25)9-4-14/h3-13H,1-2H3,(H,27,29)(H,28,30)(H,31,32)/b26-13-. The Morgan fingerprint density at radius 2 is 1.50 bits per heavy atom. The Morgan fingerprint density at radius 3 is 2.09 bits per heavy atom. The van der Waals surface area contributed by atoms with Crippen molar-refractivity contribution >= 4 is 29.7 Å². The van der Waals surface area contributed by atoms with E-state index in [0.29, 0.717) is 5.69 Å². The van der Waals surface area contributed by atoms with Crippen molar-refractivity contribution in [1.82, 2.24) is 5.43 Å². The molecule has 0 aromatic heterocycles. The van der Waals surface area contributed by atoms with Gasteiger partial charge in [0.05, 0.1) is 20.4 Å². The molecule has 3 N–H and O–H groups in total. The van der Waals surface area contributed by atoms with Gasteiger partial charge in [0.25, 0.3) is 11.8 Å². The van der Waals surface area contributed by atoms with Crippen LogP contribution in [0.3, 0.4) is 0 Å². The van der Waals surface area contributed by atoms with Gasteiger partial charge in [0.2, 0.25) is 0 Å². The second-order valence-electron chi connectivity index (χ2n) is 6.81. The van der Waals surface area contributed by atoms with Crippen LogP contribution in [0.25, 0.3) is 0 Å². The third-order valence-electron chi connectivity index (χ3n) is 4.67. The van der Waals surface area contributed by atoms with E-state index in [1.54, 1.807) is 0 Å². The Labute approximate surface area is 193 Å². The monoisotopic (exact) mass is 465 g/mol. The van der Waals surface area contributed by atoms with Crippen LogP contribution in [0.4, 0.5) is 10.1 Å². The van der Waals surface area contributed by atoms with Crippen LogP contribution in [0.1, 0.15) is 36.6 Å². The van der Waals surface area contributed by atoms with Gasteiger partial charge in [-0.3, -0.25) is 9.59 Å². The number of anilines is 1. The second kappa shape index (κ2) is 10.7. The molecule has 0 fully saturated rings. The third-order valence-corrected chi connectivity index (χ3v) is 4.67. The summed E-state index contributed by atoms with van der Waals surface area (Å²) >= 11 is 0. The molecule has 0 aliphatic carbocycles. The number of methoxy groups -OCH3 is 2. The summed E-state index contributed by atoms with van der Waals surface area (Å²) in [7, 11) is 2.70. The molecule has 34 heavy (non-hydrogen) atoms. The van der Waals surface area contributed by atoms with Gasteiger partial charge in [-0.05, 0) is 60.7 Å². The lowest BCUT2D eigenvalue weighted by Gasteiger charge is -2.12. The maximum atomic E-state index is 13.0. The Bertz CT molecular complexity index is 1240.